The Morgan fingerprint density at radius 1 is 1.09 bits per heavy atom. The Kier molecular flexibility index (Phi) is 7.66. The molecule has 1 rings (SSSR count). The molecule has 0 spiro atoms. The highest BCUT2D eigenvalue weighted by Gasteiger charge is 2.01. The van der Waals surface area contributed by atoms with Crippen LogP contribution in [0, 0.1) is 0 Å². The summed E-state index contributed by atoms with van der Waals surface area (Å²) >= 11 is 0. The van der Waals surface area contributed by atoms with Gasteiger partial charge in [0.15, 0.2) is 0 Å². The summed E-state index contributed by atoms with van der Waals surface area (Å²) in [6.45, 7) is 6.40. The Morgan fingerprint density at radius 2 is 1.55 bits per heavy atom. The van der Waals surface area contributed by atoms with Gasteiger partial charge in [0.1, 0.15) is 0 Å². The van der Waals surface area contributed by atoms with Gasteiger partial charge in [0, 0.05) is 0 Å². The van der Waals surface area contributed by atoms with Crippen molar-refractivity contribution in [1.82, 2.24) is 0 Å². The summed E-state index contributed by atoms with van der Waals surface area (Å²) < 4.78 is 0. The van der Waals surface area contributed by atoms with Crippen LogP contribution in [0.4, 0.5) is 0 Å². The van der Waals surface area contributed by atoms with Gasteiger partial charge >= 0.3 is 0 Å². The molecule has 0 amide bonds. The summed E-state index contributed by atoms with van der Waals surface area (Å²) in [5.74, 6) is 0. The minimum absolute atomic E-state index is 1.25. The normalized spacial score (nSPS) is 16.8. The van der Waals surface area contributed by atoms with E-state index in [4.69, 9.17) is 0 Å². The Bertz CT molecular complexity index is 92.6. The van der Waals surface area contributed by atoms with Gasteiger partial charge < -0.3 is 0 Å². The third-order valence-electron chi connectivity index (χ3n) is 1.90. The largest absolute Gasteiger partial charge is 0.0885 e. The van der Waals surface area contributed by atoms with Crippen LogP contribution in [0.3, 0.4) is 0 Å². The van der Waals surface area contributed by atoms with Gasteiger partial charge in [-0.05, 0) is 32.6 Å². The van der Waals surface area contributed by atoms with E-state index in [0.29, 0.717) is 0 Å². The van der Waals surface area contributed by atoms with E-state index in [-0.39, 0.29) is 0 Å². The number of rotatable bonds is 0. The molecule has 0 saturated heterocycles. The number of hydrogen-bond donors (Lipinski definition) is 0. The summed E-state index contributed by atoms with van der Waals surface area (Å²) in [6, 6.07) is 0. The van der Waals surface area contributed by atoms with E-state index in [1.807, 2.05) is 0 Å². The zero-order chi connectivity index (χ0) is 8.53. The maximum Gasteiger partial charge on any atom is -0.0320 e. The van der Waals surface area contributed by atoms with Gasteiger partial charge in [0.2, 0.25) is 0 Å². The molecule has 0 nitrogen and oxygen atoms in total. The van der Waals surface area contributed by atoms with Crippen LogP contribution in [-0.2, 0) is 0 Å². The zero-order valence-electron chi connectivity index (χ0n) is 8.32. The lowest BCUT2D eigenvalue weighted by atomic mass is 9.95. The molecule has 0 radical (unpaired) electrons. The maximum atomic E-state index is 2.28. The summed E-state index contributed by atoms with van der Waals surface area (Å²) in [5.41, 5.74) is 1.68. The average Bonchev–Trinajstić information content (AvgIpc) is 2.08. The molecule has 1 fully saturated rings. The molecule has 0 bridgehead atoms. The molecule has 0 aromatic carbocycles. The lowest BCUT2D eigenvalue weighted by Gasteiger charge is -2.11. The van der Waals surface area contributed by atoms with Gasteiger partial charge in [-0.1, -0.05) is 38.3 Å². The number of allylic oxidation sites excluding steroid dienone is 2. The van der Waals surface area contributed by atoms with Gasteiger partial charge in [-0.3, -0.25) is 0 Å². The first-order valence-electron chi connectivity index (χ1n) is 4.99. The van der Waals surface area contributed by atoms with Crippen molar-refractivity contribution in [3.63, 3.8) is 0 Å². The fourth-order valence-electron chi connectivity index (χ4n) is 1.29. The fourth-order valence-corrected chi connectivity index (χ4v) is 1.29. The minimum Gasteiger partial charge on any atom is -0.0885 e. The molecular formula is C11H22. The van der Waals surface area contributed by atoms with Crippen LogP contribution in [0.1, 0.15) is 59.3 Å². The zero-order valence-corrected chi connectivity index (χ0v) is 8.32. The van der Waals surface area contributed by atoms with E-state index < -0.39 is 0 Å². The predicted octanol–water partition coefficient (Wildman–Crippen LogP) is 4.31. The first-order valence-corrected chi connectivity index (χ1v) is 4.99. The van der Waals surface area contributed by atoms with Gasteiger partial charge in [-0.2, -0.15) is 0 Å². The average molecular weight is 154 g/mol. The van der Waals surface area contributed by atoms with E-state index in [1.165, 1.54) is 38.5 Å². The van der Waals surface area contributed by atoms with Crippen molar-refractivity contribution in [2.45, 2.75) is 59.3 Å². The van der Waals surface area contributed by atoms with Crippen LogP contribution in [-0.4, -0.2) is 0 Å². The van der Waals surface area contributed by atoms with Crippen LogP contribution in [0.15, 0.2) is 11.6 Å². The molecule has 0 aromatic rings. The lowest BCUT2D eigenvalue weighted by Crippen LogP contribution is -1.91. The van der Waals surface area contributed by atoms with Crippen LogP contribution < -0.4 is 0 Å². The van der Waals surface area contributed by atoms with Gasteiger partial charge in [0.05, 0.1) is 0 Å². The van der Waals surface area contributed by atoms with E-state index in [1.54, 1.807) is 5.57 Å². The highest BCUT2D eigenvalue weighted by molar-refractivity contribution is 5.01. The third kappa shape index (κ3) is 6.15. The Labute approximate surface area is 71.7 Å². The molecule has 11 heavy (non-hydrogen) atoms. The fraction of sp³-hybridized carbons (Fsp3) is 0.818. The smallest absolute Gasteiger partial charge is 0.0320 e. The summed E-state index contributed by atoms with van der Waals surface area (Å²) in [6.07, 6.45) is 10.6. The Morgan fingerprint density at radius 3 is 1.82 bits per heavy atom. The lowest BCUT2D eigenvalue weighted by molar-refractivity contribution is 0.598. The molecule has 0 aromatic heterocycles. The van der Waals surface area contributed by atoms with Crippen LogP contribution in [0.5, 0.6) is 0 Å². The van der Waals surface area contributed by atoms with E-state index in [2.05, 4.69) is 26.8 Å². The standard InChI is InChI=1S/C8H14.C3H8/c1-2-8-6-4-3-5-7-8;1-3-2/h2H,3-7H2,1H3;3H2,1-2H3. The van der Waals surface area contributed by atoms with Crippen molar-refractivity contribution in [2.24, 2.45) is 0 Å². The van der Waals surface area contributed by atoms with Crippen molar-refractivity contribution in [1.29, 1.82) is 0 Å². The molecule has 0 heteroatoms. The molecule has 66 valence electrons. The van der Waals surface area contributed by atoms with Crippen LogP contribution in [0.25, 0.3) is 0 Å². The molecule has 0 N–H and O–H groups in total. The first-order chi connectivity index (χ1) is 5.35. The predicted molar refractivity (Wildman–Crippen MR) is 52.8 cm³/mol. The highest BCUT2D eigenvalue weighted by Crippen LogP contribution is 2.21. The van der Waals surface area contributed by atoms with E-state index in [9.17, 15) is 0 Å². The molecule has 1 aliphatic rings. The second-order valence-corrected chi connectivity index (χ2v) is 3.21. The second kappa shape index (κ2) is 7.84. The van der Waals surface area contributed by atoms with Crippen molar-refractivity contribution in [3.8, 4) is 0 Å². The van der Waals surface area contributed by atoms with Gasteiger partial charge in [-0.25, -0.2) is 0 Å². The molecule has 1 saturated carbocycles. The van der Waals surface area contributed by atoms with Gasteiger partial charge in [0.25, 0.3) is 0 Å². The SMILES string of the molecule is CC=C1CCCCC1.CCC. The van der Waals surface area contributed by atoms with Crippen LogP contribution >= 0.6 is 0 Å². The van der Waals surface area contributed by atoms with Crippen molar-refractivity contribution in [2.75, 3.05) is 0 Å². The summed E-state index contributed by atoms with van der Waals surface area (Å²) in [4.78, 5) is 0. The van der Waals surface area contributed by atoms with Crippen molar-refractivity contribution in [3.05, 3.63) is 11.6 Å². The maximum absolute atomic E-state index is 2.28. The topological polar surface area (TPSA) is 0 Å². The van der Waals surface area contributed by atoms with E-state index >= 15 is 0 Å². The molecule has 0 aliphatic heterocycles. The Balaban J connectivity index is 0.000000292. The molecule has 1 aliphatic carbocycles. The Hall–Kier alpha value is -0.260. The third-order valence-corrected chi connectivity index (χ3v) is 1.90. The van der Waals surface area contributed by atoms with Crippen LogP contribution in [0.2, 0.25) is 0 Å². The summed E-state index contributed by atoms with van der Waals surface area (Å²) in [7, 11) is 0. The molecule has 0 heterocycles. The van der Waals surface area contributed by atoms with Crippen molar-refractivity contribution >= 4 is 0 Å². The van der Waals surface area contributed by atoms with Crippen molar-refractivity contribution < 1.29 is 0 Å². The molecule has 0 unspecified atom stereocenters. The second-order valence-electron chi connectivity index (χ2n) is 3.21. The number of hydrogen-bond acceptors (Lipinski definition) is 0. The first kappa shape index (κ1) is 10.7. The minimum atomic E-state index is 1.25. The van der Waals surface area contributed by atoms with Gasteiger partial charge in [-0.15, -0.1) is 0 Å². The highest BCUT2D eigenvalue weighted by atomic mass is 14.1. The quantitative estimate of drug-likeness (QED) is 0.456. The monoisotopic (exact) mass is 154 g/mol. The van der Waals surface area contributed by atoms with E-state index in [0.717, 1.165) is 0 Å². The summed E-state index contributed by atoms with van der Waals surface area (Å²) in [5, 5.41) is 0. The molecular weight excluding hydrogens is 132 g/mol. The molecule has 0 atom stereocenters.